The van der Waals surface area contributed by atoms with Gasteiger partial charge in [-0.2, -0.15) is 0 Å². The number of hydrogen-bond acceptors (Lipinski definition) is 4. The molecule has 132 valence electrons. The summed E-state index contributed by atoms with van der Waals surface area (Å²) in [5, 5.41) is 11.1. The van der Waals surface area contributed by atoms with E-state index in [1.54, 1.807) is 0 Å². The van der Waals surface area contributed by atoms with E-state index in [-0.39, 0.29) is 24.3 Å². The molecule has 2 aliphatic rings. The molecule has 1 atom stereocenters. The fraction of sp³-hybridized carbons (Fsp3) is 0.500. The number of aromatic nitrogens is 3. The van der Waals surface area contributed by atoms with Crippen molar-refractivity contribution in [3.05, 3.63) is 46.8 Å². The third kappa shape index (κ3) is 3.16. The summed E-state index contributed by atoms with van der Waals surface area (Å²) in [5.41, 5.74) is 1.72. The van der Waals surface area contributed by atoms with Crippen LogP contribution in [0.25, 0.3) is 0 Å². The normalized spacial score (nSPS) is 20.4. The van der Waals surface area contributed by atoms with E-state index < -0.39 is 0 Å². The molecule has 1 aromatic heterocycles. The van der Waals surface area contributed by atoms with Gasteiger partial charge in [0.25, 0.3) is 0 Å². The van der Waals surface area contributed by atoms with Crippen LogP contribution in [0.5, 0.6) is 0 Å². The summed E-state index contributed by atoms with van der Waals surface area (Å²) in [6, 6.07) is 4.94. The zero-order valence-corrected chi connectivity index (χ0v) is 14.5. The fourth-order valence-electron chi connectivity index (χ4n) is 3.41. The van der Waals surface area contributed by atoms with Gasteiger partial charge >= 0.3 is 0 Å². The highest BCUT2D eigenvalue weighted by Gasteiger charge is 2.31. The Morgan fingerprint density at radius 3 is 2.92 bits per heavy atom. The number of aryl methyl sites for hydroxylation is 1. The van der Waals surface area contributed by atoms with E-state index in [2.05, 4.69) is 15.5 Å². The third-order valence-electron chi connectivity index (χ3n) is 5.16. The maximum Gasteiger partial charge on any atom is 0.239 e. The van der Waals surface area contributed by atoms with Gasteiger partial charge in [-0.1, -0.05) is 12.1 Å². The number of halogens is 1. The lowest BCUT2D eigenvalue weighted by Crippen LogP contribution is -2.50. The number of nitrogens with one attached hydrogen (secondary N) is 1. The first kappa shape index (κ1) is 16.2. The summed E-state index contributed by atoms with van der Waals surface area (Å²) in [4.78, 5) is 14.6. The lowest BCUT2D eigenvalue weighted by atomic mass is 10.1. The largest absolute Gasteiger partial charge is 0.350 e. The molecule has 1 saturated carbocycles. The van der Waals surface area contributed by atoms with Gasteiger partial charge in [-0.05, 0) is 44.4 Å². The van der Waals surface area contributed by atoms with Crippen molar-refractivity contribution in [2.45, 2.75) is 51.4 Å². The molecule has 6 nitrogen and oxygen atoms in total. The summed E-state index contributed by atoms with van der Waals surface area (Å²) in [6.07, 6.45) is 2.34. The Morgan fingerprint density at radius 2 is 2.16 bits per heavy atom. The van der Waals surface area contributed by atoms with Gasteiger partial charge in [0.15, 0.2) is 0 Å². The topological polar surface area (TPSA) is 63.1 Å². The highest BCUT2D eigenvalue weighted by molar-refractivity contribution is 5.81. The van der Waals surface area contributed by atoms with Crippen LogP contribution in [-0.2, 0) is 24.4 Å². The summed E-state index contributed by atoms with van der Waals surface area (Å²) >= 11 is 0. The molecule has 25 heavy (non-hydrogen) atoms. The van der Waals surface area contributed by atoms with Crippen LogP contribution in [0.4, 0.5) is 4.39 Å². The van der Waals surface area contributed by atoms with E-state index in [0.717, 1.165) is 11.6 Å². The zero-order valence-electron chi connectivity index (χ0n) is 14.5. The van der Waals surface area contributed by atoms with E-state index in [1.807, 2.05) is 35.6 Å². The van der Waals surface area contributed by atoms with Crippen LogP contribution in [-0.4, -0.2) is 38.7 Å². The molecule has 1 aliphatic carbocycles. The van der Waals surface area contributed by atoms with Crippen molar-refractivity contribution in [2.75, 3.05) is 7.05 Å². The van der Waals surface area contributed by atoms with Crippen molar-refractivity contribution in [1.29, 1.82) is 0 Å². The molecule has 1 aliphatic heterocycles. The number of nitrogens with zero attached hydrogens (tertiary/aromatic N) is 4. The monoisotopic (exact) mass is 343 g/mol. The predicted octanol–water partition coefficient (Wildman–Crippen LogP) is 1.73. The number of rotatable bonds is 4. The molecule has 1 fully saturated rings. The van der Waals surface area contributed by atoms with Gasteiger partial charge in [-0.25, -0.2) is 4.39 Å². The minimum atomic E-state index is -0.308. The number of likely N-dealkylation sites (N-methyl/N-ethyl adjacent to an activating group) is 1. The first-order valence-corrected chi connectivity index (χ1v) is 8.68. The second kappa shape index (κ2) is 6.22. The average molecular weight is 343 g/mol. The Labute approximate surface area is 146 Å². The molecule has 0 spiro atoms. The van der Waals surface area contributed by atoms with Crippen LogP contribution in [0.3, 0.4) is 0 Å². The molecule has 1 unspecified atom stereocenters. The second-order valence-electron chi connectivity index (χ2n) is 7.05. The van der Waals surface area contributed by atoms with Crippen LogP contribution in [0.15, 0.2) is 18.2 Å². The van der Waals surface area contributed by atoms with Crippen molar-refractivity contribution in [3.8, 4) is 0 Å². The van der Waals surface area contributed by atoms with Crippen molar-refractivity contribution in [1.82, 2.24) is 25.0 Å². The van der Waals surface area contributed by atoms with Gasteiger partial charge in [0.1, 0.15) is 23.5 Å². The number of fused-ring (bicyclic) bond motifs is 1. The summed E-state index contributed by atoms with van der Waals surface area (Å²) < 4.78 is 16.0. The predicted molar refractivity (Wildman–Crippen MR) is 90.2 cm³/mol. The van der Waals surface area contributed by atoms with Gasteiger partial charge < -0.3 is 9.88 Å². The molecular formula is C18H22FN5O. The molecule has 2 aromatic rings. The molecule has 7 heteroatoms. The van der Waals surface area contributed by atoms with E-state index >= 15 is 0 Å². The van der Waals surface area contributed by atoms with Crippen LogP contribution in [0.2, 0.25) is 0 Å². The molecule has 4 rings (SSSR count). The Hall–Kier alpha value is -2.28. The summed E-state index contributed by atoms with van der Waals surface area (Å²) in [6.45, 7) is 3.19. The van der Waals surface area contributed by atoms with Gasteiger partial charge in [0, 0.05) is 12.1 Å². The van der Waals surface area contributed by atoms with Crippen molar-refractivity contribution in [3.63, 3.8) is 0 Å². The minimum Gasteiger partial charge on any atom is -0.350 e. The van der Waals surface area contributed by atoms with E-state index in [1.165, 1.54) is 24.5 Å². The fourth-order valence-corrected chi connectivity index (χ4v) is 3.41. The van der Waals surface area contributed by atoms with E-state index in [9.17, 15) is 9.18 Å². The van der Waals surface area contributed by atoms with Gasteiger partial charge in [-0.3, -0.25) is 9.69 Å². The van der Waals surface area contributed by atoms with E-state index in [4.69, 9.17) is 0 Å². The molecule has 0 saturated heterocycles. The molecular weight excluding hydrogens is 321 g/mol. The summed E-state index contributed by atoms with van der Waals surface area (Å²) in [5.74, 6) is 1.88. The van der Waals surface area contributed by atoms with Crippen molar-refractivity contribution in [2.24, 2.45) is 0 Å². The third-order valence-corrected chi connectivity index (χ3v) is 5.16. The van der Waals surface area contributed by atoms with Crippen LogP contribution in [0.1, 0.15) is 41.5 Å². The first-order chi connectivity index (χ1) is 12.0. The SMILES string of the molecule is Cc1nnc2n1CC(C(=O)NCc1cc(C3CC3)ccc1F)N(C)C2. The minimum absolute atomic E-state index is 0.0996. The zero-order chi connectivity index (χ0) is 17.6. The Balaban J connectivity index is 1.44. The van der Waals surface area contributed by atoms with Crippen molar-refractivity contribution < 1.29 is 9.18 Å². The number of carbonyl (C=O) groups excluding carboxylic acids is 1. The lowest BCUT2D eigenvalue weighted by molar-refractivity contribution is -0.127. The van der Waals surface area contributed by atoms with Crippen LogP contribution < -0.4 is 5.32 Å². The molecule has 0 radical (unpaired) electrons. The van der Waals surface area contributed by atoms with Crippen LogP contribution >= 0.6 is 0 Å². The lowest BCUT2D eigenvalue weighted by Gasteiger charge is -2.32. The number of amides is 1. The second-order valence-corrected chi connectivity index (χ2v) is 7.05. The molecule has 0 bridgehead atoms. The Bertz CT molecular complexity index is 814. The number of carbonyl (C=O) groups is 1. The average Bonchev–Trinajstić information content (AvgIpc) is 3.38. The highest BCUT2D eigenvalue weighted by Crippen LogP contribution is 2.40. The standard InChI is InChI=1S/C18H22FN5O/c1-11-21-22-17-10-23(2)16(9-24(11)17)18(25)20-8-14-7-13(12-3-4-12)5-6-15(14)19/h5-7,12,16H,3-4,8-10H2,1-2H3,(H,20,25). The Morgan fingerprint density at radius 1 is 1.36 bits per heavy atom. The molecule has 1 aromatic carbocycles. The van der Waals surface area contributed by atoms with Crippen molar-refractivity contribution >= 4 is 5.91 Å². The van der Waals surface area contributed by atoms with Gasteiger partial charge in [-0.15, -0.1) is 10.2 Å². The highest BCUT2D eigenvalue weighted by atomic mass is 19.1. The first-order valence-electron chi connectivity index (χ1n) is 8.68. The number of hydrogen-bond donors (Lipinski definition) is 1. The van der Waals surface area contributed by atoms with Gasteiger partial charge in [0.2, 0.25) is 5.91 Å². The molecule has 2 heterocycles. The quantitative estimate of drug-likeness (QED) is 0.918. The number of benzene rings is 1. The Kier molecular flexibility index (Phi) is 4.03. The van der Waals surface area contributed by atoms with E-state index in [0.29, 0.717) is 24.6 Å². The maximum absolute atomic E-state index is 14.0. The maximum atomic E-state index is 14.0. The summed E-state index contributed by atoms with van der Waals surface area (Å²) in [7, 11) is 1.89. The molecule has 1 N–H and O–H groups in total. The van der Waals surface area contributed by atoms with Crippen LogP contribution in [0, 0.1) is 12.7 Å². The van der Waals surface area contributed by atoms with Gasteiger partial charge in [0.05, 0.1) is 13.1 Å². The smallest absolute Gasteiger partial charge is 0.239 e. The molecule has 1 amide bonds.